The summed E-state index contributed by atoms with van der Waals surface area (Å²) in [5, 5.41) is 0. The van der Waals surface area contributed by atoms with E-state index in [2.05, 4.69) is 0 Å². The number of nitrogens with two attached hydrogens (primary N) is 1. The van der Waals surface area contributed by atoms with Gasteiger partial charge in [-0.25, -0.2) is 0 Å². The van der Waals surface area contributed by atoms with Crippen molar-refractivity contribution in [2.45, 2.75) is 50.5 Å². The zero-order valence-electron chi connectivity index (χ0n) is 8.14. The van der Waals surface area contributed by atoms with Gasteiger partial charge in [0.15, 0.2) is 0 Å². The zero-order chi connectivity index (χ0) is 8.86. The van der Waals surface area contributed by atoms with Crippen LogP contribution in [0.15, 0.2) is 0 Å². The largest absolute Gasteiger partial charge is 0.378 e. The zero-order valence-corrected chi connectivity index (χ0v) is 8.14. The predicted octanol–water partition coefficient (Wildman–Crippen LogP) is 2.07. The molecular weight excluding hydrogens is 150 g/mol. The van der Waals surface area contributed by atoms with Crippen molar-refractivity contribution in [3.05, 3.63) is 0 Å². The quantitative estimate of drug-likeness (QED) is 0.703. The lowest BCUT2D eigenvalue weighted by molar-refractivity contribution is -0.0462. The van der Waals surface area contributed by atoms with E-state index in [0.717, 1.165) is 19.4 Å². The molecule has 2 nitrogen and oxygen atoms in total. The molecule has 1 fully saturated rings. The van der Waals surface area contributed by atoms with Crippen molar-refractivity contribution in [1.82, 2.24) is 0 Å². The molecule has 0 unspecified atom stereocenters. The topological polar surface area (TPSA) is 35.2 Å². The molecule has 0 aromatic heterocycles. The van der Waals surface area contributed by atoms with E-state index in [1.807, 2.05) is 7.11 Å². The third-order valence-electron chi connectivity index (χ3n) is 3.03. The molecule has 0 spiro atoms. The van der Waals surface area contributed by atoms with Crippen molar-refractivity contribution in [2.75, 3.05) is 13.7 Å². The highest BCUT2D eigenvalue weighted by atomic mass is 16.5. The molecular formula is C10H21NO. The van der Waals surface area contributed by atoms with E-state index < -0.39 is 0 Å². The van der Waals surface area contributed by atoms with Gasteiger partial charge in [0.2, 0.25) is 0 Å². The van der Waals surface area contributed by atoms with Gasteiger partial charge >= 0.3 is 0 Å². The molecule has 1 rings (SSSR count). The van der Waals surface area contributed by atoms with Crippen LogP contribution in [0, 0.1) is 0 Å². The van der Waals surface area contributed by atoms with Crippen LogP contribution in [-0.4, -0.2) is 19.3 Å². The molecule has 0 heterocycles. The van der Waals surface area contributed by atoms with E-state index in [9.17, 15) is 0 Å². The lowest BCUT2D eigenvalue weighted by Gasteiger charge is -2.36. The molecule has 0 saturated heterocycles. The second-order valence-corrected chi connectivity index (χ2v) is 3.84. The number of ether oxygens (including phenoxy) is 1. The fourth-order valence-electron chi connectivity index (χ4n) is 2.18. The maximum Gasteiger partial charge on any atom is 0.0679 e. The fourth-order valence-corrected chi connectivity index (χ4v) is 2.18. The Hall–Kier alpha value is -0.0800. The Labute approximate surface area is 75.5 Å². The van der Waals surface area contributed by atoms with Gasteiger partial charge < -0.3 is 10.5 Å². The summed E-state index contributed by atoms with van der Waals surface area (Å²) in [6, 6.07) is 0. The average molecular weight is 171 g/mol. The molecule has 0 amide bonds. The second kappa shape index (κ2) is 4.83. The minimum Gasteiger partial charge on any atom is -0.378 e. The van der Waals surface area contributed by atoms with Crippen LogP contribution < -0.4 is 5.73 Å². The van der Waals surface area contributed by atoms with Crippen LogP contribution in [0.2, 0.25) is 0 Å². The molecule has 0 bridgehead atoms. The summed E-state index contributed by atoms with van der Waals surface area (Å²) in [5.41, 5.74) is 5.70. The molecule has 1 saturated carbocycles. The SMILES string of the molecule is COC1(CCCN)CCCCC1. The number of rotatable bonds is 4. The first-order chi connectivity index (χ1) is 5.83. The van der Waals surface area contributed by atoms with Gasteiger partial charge in [-0.1, -0.05) is 19.3 Å². The van der Waals surface area contributed by atoms with Crippen LogP contribution in [-0.2, 0) is 4.74 Å². The molecule has 72 valence electrons. The first-order valence-electron chi connectivity index (χ1n) is 5.08. The van der Waals surface area contributed by atoms with Gasteiger partial charge in [-0.3, -0.25) is 0 Å². The van der Waals surface area contributed by atoms with Crippen LogP contribution in [0.5, 0.6) is 0 Å². The first-order valence-corrected chi connectivity index (χ1v) is 5.08. The van der Waals surface area contributed by atoms with E-state index in [0.29, 0.717) is 0 Å². The van der Waals surface area contributed by atoms with Crippen LogP contribution in [0.25, 0.3) is 0 Å². The first kappa shape index (κ1) is 10.0. The molecule has 0 aromatic carbocycles. The van der Waals surface area contributed by atoms with Gasteiger partial charge in [0, 0.05) is 7.11 Å². The summed E-state index contributed by atoms with van der Waals surface area (Å²) in [4.78, 5) is 0. The lowest BCUT2D eigenvalue weighted by atomic mass is 9.81. The Morgan fingerprint density at radius 1 is 1.25 bits per heavy atom. The Morgan fingerprint density at radius 3 is 2.42 bits per heavy atom. The Balaban J connectivity index is 2.37. The van der Waals surface area contributed by atoms with Gasteiger partial charge in [-0.15, -0.1) is 0 Å². The monoisotopic (exact) mass is 171 g/mol. The van der Waals surface area contributed by atoms with Crippen molar-refractivity contribution < 1.29 is 4.74 Å². The van der Waals surface area contributed by atoms with Crippen molar-refractivity contribution in [2.24, 2.45) is 5.73 Å². The number of methoxy groups -OCH3 is 1. The molecule has 0 aliphatic heterocycles. The minimum atomic E-state index is 0.192. The molecule has 1 aliphatic rings. The van der Waals surface area contributed by atoms with Crippen molar-refractivity contribution >= 4 is 0 Å². The molecule has 0 aromatic rings. The van der Waals surface area contributed by atoms with Gasteiger partial charge in [0.25, 0.3) is 0 Å². The van der Waals surface area contributed by atoms with E-state index >= 15 is 0 Å². The summed E-state index contributed by atoms with van der Waals surface area (Å²) >= 11 is 0. The van der Waals surface area contributed by atoms with Crippen molar-refractivity contribution in [1.29, 1.82) is 0 Å². The smallest absolute Gasteiger partial charge is 0.0679 e. The second-order valence-electron chi connectivity index (χ2n) is 3.84. The van der Waals surface area contributed by atoms with Gasteiger partial charge in [0.05, 0.1) is 5.60 Å². The molecule has 1 aliphatic carbocycles. The van der Waals surface area contributed by atoms with E-state index in [-0.39, 0.29) is 5.60 Å². The van der Waals surface area contributed by atoms with Crippen LogP contribution >= 0.6 is 0 Å². The Bertz CT molecular complexity index is 119. The predicted molar refractivity (Wildman–Crippen MR) is 51.1 cm³/mol. The number of hydrogen-bond acceptors (Lipinski definition) is 2. The molecule has 0 atom stereocenters. The Morgan fingerprint density at radius 2 is 1.92 bits per heavy atom. The summed E-state index contributed by atoms with van der Waals surface area (Å²) in [7, 11) is 1.85. The maximum atomic E-state index is 5.63. The third kappa shape index (κ3) is 2.46. The minimum absolute atomic E-state index is 0.192. The fraction of sp³-hybridized carbons (Fsp3) is 1.00. The third-order valence-corrected chi connectivity index (χ3v) is 3.03. The summed E-state index contributed by atoms with van der Waals surface area (Å²) in [6.45, 7) is 0.797. The summed E-state index contributed by atoms with van der Waals surface area (Å²) in [5.74, 6) is 0. The maximum absolute atomic E-state index is 5.63. The van der Waals surface area contributed by atoms with E-state index in [4.69, 9.17) is 10.5 Å². The van der Waals surface area contributed by atoms with E-state index in [1.165, 1.54) is 32.1 Å². The highest BCUT2D eigenvalue weighted by Crippen LogP contribution is 2.34. The van der Waals surface area contributed by atoms with E-state index in [1.54, 1.807) is 0 Å². The van der Waals surface area contributed by atoms with Gasteiger partial charge in [0.1, 0.15) is 0 Å². The molecule has 2 heteroatoms. The van der Waals surface area contributed by atoms with Gasteiger partial charge in [-0.2, -0.15) is 0 Å². The Kier molecular flexibility index (Phi) is 4.02. The van der Waals surface area contributed by atoms with Crippen LogP contribution in [0.1, 0.15) is 44.9 Å². The number of hydrogen-bond donors (Lipinski definition) is 1. The lowest BCUT2D eigenvalue weighted by Crippen LogP contribution is -2.34. The molecule has 0 radical (unpaired) electrons. The van der Waals surface area contributed by atoms with Crippen molar-refractivity contribution in [3.8, 4) is 0 Å². The standard InChI is InChI=1S/C10H21NO/c1-12-10(8-5-9-11)6-3-2-4-7-10/h2-9,11H2,1H3. The van der Waals surface area contributed by atoms with Crippen molar-refractivity contribution in [3.63, 3.8) is 0 Å². The highest BCUT2D eigenvalue weighted by Gasteiger charge is 2.30. The normalized spacial score (nSPS) is 22.5. The average Bonchev–Trinajstić information content (AvgIpc) is 2.16. The van der Waals surface area contributed by atoms with Gasteiger partial charge in [-0.05, 0) is 32.2 Å². The summed E-state index contributed by atoms with van der Waals surface area (Å²) < 4.78 is 5.63. The molecule has 12 heavy (non-hydrogen) atoms. The highest BCUT2D eigenvalue weighted by molar-refractivity contribution is 4.83. The van der Waals surface area contributed by atoms with Crippen LogP contribution in [0.4, 0.5) is 0 Å². The molecule has 2 N–H and O–H groups in total. The summed E-state index contributed by atoms with van der Waals surface area (Å²) in [6.07, 6.45) is 8.78. The van der Waals surface area contributed by atoms with Crippen LogP contribution in [0.3, 0.4) is 0 Å².